The van der Waals surface area contributed by atoms with Crippen LogP contribution >= 0.6 is 0 Å². The number of benzene rings is 2. The maximum absolute atomic E-state index is 12.7. The Hall–Kier alpha value is -3.06. The zero-order valence-electron chi connectivity index (χ0n) is 18.4. The Morgan fingerprint density at radius 2 is 1.84 bits per heavy atom. The summed E-state index contributed by atoms with van der Waals surface area (Å²) in [5.41, 5.74) is 2.95. The van der Waals surface area contributed by atoms with E-state index in [9.17, 15) is 9.59 Å². The highest BCUT2D eigenvalue weighted by molar-refractivity contribution is 5.90. The SMILES string of the molecule is COc1ccc(NC(=O)N2CCCN(CC(=O)NCCc3ccccc3)CC2)c(C)c1. The number of nitrogens with zero attached hydrogens (tertiary/aromatic N) is 2. The Morgan fingerprint density at radius 1 is 1.03 bits per heavy atom. The number of carbonyl (C=O) groups excluding carboxylic acids is 2. The number of hydrogen-bond donors (Lipinski definition) is 2. The van der Waals surface area contributed by atoms with E-state index >= 15 is 0 Å². The highest BCUT2D eigenvalue weighted by Gasteiger charge is 2.21. The van der Waals surface area contributed by atoms with E-state index in [1.165, 1.54) is 5.56 Å². The third-order valence-corrected chi connectivity index (χ3v) is 5.50. The summed E-state index contributed by atoms with van der Waals surface area (Å²) in [6, 6.07) is 15.6. The van der Waals surface area contributed by atoms with Gasteiger partial charge in [-0.15, -0.1) is 0 Å². The number of carbonyl (C=O) groups is 2. The van der Waals surface area contributed by atoms with Crippen LogP contribution in [-0.2, 0) is 11.2 Å². The lowest BCUT2D eigenvalue weighted by Crippen LogP contribution is -2.41. The van der Waals surface area contributed by atoms with Gasteiger partial charge >= 0.3 is 6.03 Å². The van der Waals surface area contributed by atoms with E-state index in [2.05, 4.69) is 27.7 Å². The first-order chi connectivity index (χ1) is 15.0. The smallest absolute Gasteiger partial charge is 0.321 e. The second-order valence-corrected chi connectivity index (χ2v) is 7.81. The summed E-state index contributed by atoms with van der Waals surface area (Å²) in [5, 5.41) is 5.99. The molecule has 3 rings (SSSR count). The van der Waals surface area contributed by atoms with Gasteiger partial charge in [0.25, 0.3) is 0 Å². The molecule has 31 heavy (non-hydrogen) atoms. The van der Waals surface area contributed by atoms with Crippen LogP contribution in [0.1, 0.15) is 17.5 Å². The van der Waals surface area contributed by atoms with Crippen molar-refractivity contribution in [2.24, 2.45) is 0 Å². The van der Waals surface area contributed by atoms with Gasteiger partial charge in [0.1, 0.15) is 5.75 Å². The summed E-state index contributed by atoms with van der Waals surface area (Å²) < 4.78 is 5.22. The van der Waals surface area contributed by atoms with Gasteiger partial charge in [-0.1, -0.05) is 30.3 Å². The molecule has 0 saturated carbocycles. The molecule has 1 aliphatic heterocycles. The second kappa shape index (κ2) is 11.4. The van der Waals surface area contributed by atoms with E-state index in [0.29, 0.717) is 32.7 Å². The molecule has 2 aromatic rings. The number of aryl methyl sites for hydroxylation is 1. The molecule has 0 aromatic heterocycles. The van der Waals surface area contributed by atoms with E-state index in [0.717, 1.165) is 36.4 Å². The molecular formula is C24H32N4O3. The first kappa shape index (κ1) is 22.6. The monoisotopic (exact) mass is 424 g/mol. The minimum atomic E-state index is -0.109. The number of rotatable bonds is 7. The molecule has 2 N–H and O–H groups in total. The summed E-state index contributed by atoms with van der Waals surface area (Å²) in [5.74, 6) is 0.797. The fraction of sp³-hybridized carbons (Fsp3) is 0.417. The van der Waals surface area contributed by atoms with Crippen LogP contribution in [0.5, 0.6) is 5.75 Å². The maximum Gasteiger partial charge on any atom is 0.321 e. The standard InChI is InChI=1S/C24H32N4O3/c1-19-17-21(31-2)9-10-22(19)26-24(30)28-14-6-13-27(15-16-28)18-23(29)25-12-11-20-7-4-3-5-8-20/h3-5,7-10,17H,6,11-16,18H2,1-2H3,(H,25,29)(H,26,30). The van der Waals surface area contributed by atoms with Gasteiger partial charge in [0, 0.05) is 38.4 Å². The van der Waals surface area contributed by atoms with Crippen molar-refractivity contribution in [3.8, 4) is 5.75 Å². The highest BCUT2D eigenvalue weighted by atomic mass is 16.5. The van der Waals surface area contributed by atoms with E-state index in [1.807, 2.05) is 48.2 Å². The number of amides is 3. The summed E-state index contributed by atoms with van der Waals surface area (Å²) in [6.07, 6.45) is 1.66. The fourth-order valence-electron chi connectivity index (χ4n) is 3.68. The molecular weight excluding hydrogens is 392 g/mol. The molecule has 0 aliphatic carbocycles. The molecule has 3 amide bonds. The summed E-state index contributed by atoms with van der Waals surface area (Å²) in [4.78, 5) is 29.0. The lowest BCUT2D eigenvalue weighted by Gasteiger charge is -2.22. The van der Waals surface area contributed by atoms with Crippen molar-refractivity contribution in [1.82, 2.24) is 15.1 Å². The molecule has 0 radical (unpaired) electrons. The molecule has 0 atom stereocenters. The Bertz CT molecular complexity index is 872. The van der Waals surface area contributed by atoms with Crippen LogP contribution in [0.4, 0.5) is 10.5 Å². The molecule has 166 valence electrons. The summed E-state index contributed by atoms with van der Waals surface area (Å²) in [7, 11) is 1.62. The topological polar surface area (TPSA) is 73.9 Å². The highest BCUT2D eigenvalue weighted by Crippen LogP contribution is 2.21. The quantitative estimate of drug-likeness (QED) is 0.717. The molecule has 1 saturated heterocycles. The van der Waals surface area contributed by atoms with Gasteiger partial charge in [-0.05, 0) is 49.1 Å². The van der Waals surface area contributed by atoms with Gasteiger partial charge in [0.15, 0.2) is 0 Å². The van der Waals surface area contributed by atoms with Crippen LogP contribution in [0, 0.1) is 6.92 Å². The lowest BCUT2D eigenvalue weighted by atomic mass is 10.1. The molecule has 0 unspecified atom stereocenters. The predicted molar refractivity (Wildman–Crippen MR) is 123 cm³/mol. The van der Waals surface area contributed by atoms with Gasteiger partial charge in [-0.25, -0.2) is 4.79 Å². The van der Waals surface area contributed by atoms with Gasteiger partial charge < -0.3 is 20.3 Å². The Morgan fingerprint density at radius 3 is 2.58 bits per heavy atom. The van der Waals surface area contributed by atoms with Crippen molar-refractivity contribution < 1.29 is 14.3 Å². The van der Waals surface area contributed by atoms with Crippen LogP contribution in [0.15, 0.2) is 48.5 Å². The van der Waals surface area contributed by atoms with E-state index in [-0.39, 0.29) is 11.9 Å². The predicted octanol–water partition coefficient (Wildman–Crippen LogP) is 2.90. The van der Waals surface area contributed by atoms with Crippen molar-refractivity contribution in [3.63, 3.8) is 0 Å². The van der Waals surface area contributed by atoms with Crippen molar-refractivity contribution in [2.75, 3.05) is 51.7 Å². The van der Waals surface area contributed by atoms with Crippen molar-refractivity contribution >= 4 is 17.6 Å². The van der Waals surface area contributed by atoms with Gasteiger partial charge in [0.2, 0.25) is 5.91 Å². The zero-order valence-corrected chi connectivity index (χ0v) is 18.4. The average Bonchev–Trinajstić information content (AvgIpc) is 3.01. The Kier molecular flexibility index (Phi) is 8.29. The summed E-state index contributed by atoms with van der Waals surface area (Å²) in [6.45, 7) is 5.69. The second-order valence-electron chi connectivity index (χ2n) is 7.81. The van der Waals surface area contributed by atoms with Gasteiger partial charge in [-0.3, -0.25) is 9.69 Å². The van der Waals surface area contributed by atoms with Crippen LogP contribution < -0.4 is 15.4 Å². The van der Waals surface area contributed by atoms with E-state index in [1.54, 1.807) is 7.11 Å². The maximum atomic E-state index is 12.7. The lowest BCUT2D eigenvalue weighted by molar-refractivity contribution is -0.122. The first-order valence-corrected chi connectivity index (χ1v) is 10.8. The third-order valence-electron chi connectivity index (χ3n) is 5.50. The first-order valence-electron chi connectivity index (χ1n) is 10.8. The average molecular weight is 425 g/mol. The molecule has 1 fully saturated rings. The van der Waals surface area contributed by atoms with Crippen LogP contribution in [0.25, 0.3) is 0 Å². The summed E-state index contributed by atoms with van der Waals surface area (Å²) >= 11 is 0. The molecule has 1 aliphatic rings. The van der Waals surface area contributed by atoms with Gasteiger partial charge in [0.05, 0.1) is 13.7 Å². The van der Waals surface area contributed by atoms with Crippen molar-refractivity contribution in [3.05, 3.63) is 59.7 Å². The van der Waals surface area contributed by atoms with Gasteiger partial charge in [-0.2, -0.15) is 0 Å². The number of nitrogens with one attached hydrogen (secondary N) is 2. The van der Waals surface area contributed by atoms with Crippen molar-refractivity contribution in [1.29, 1.82) is 0 Å². The van der Waals surface area contributed by atoms with Crippen LogP contribution in [-0.4, -0.2) is 68.1 Å². The minimum Gasteiger partial charge on any atom is -0.497 e. The molecule has 7 heteroatoms. The molecule has 2 aromatic carbocycles. The fourth-order valence-corrected chi connectivity index (χ4v) is 3.68. The zero-order chi connectivity index (χ0) is 22.1. The Labute approximate surface area is 184 Å². The molecule has 1 heterocycles. The molecule has 0 spiro atoms. The number of ether oxygens (including phenoxy) is 1. The Balaban J connectivity index is 1.42. The number of methoxy groups -OCH3 is 1. The number of urea groups is 1. The van der Waals surface area contributed by atoms with Crippen LogP contribution in [0.2, 0.25) is 0 Å². The van der Waals surface area contributed by atoms with Crippen molar-refractivity contribution in [2.45, 2.75) is 19.8 Å². The number of anilines is 1. The van der Waals surface area contributed by atoms with E-state index < -0.39 is 0 Å². The molecule has 0 bridgehead atoms. The number of hydrogen-bond acceptors (Lipinski definition) is 4. The molecule has 7 nitrogen and oxygen atoms in total. The largest absolute Gasteiger partial charge is 0.497 e. The normalized spacial score (nSPS) is 14.6. The minimum absolute atomic E-state index is 0.0303. The van der Waals surface area contributed by atoms with E-state index in [4.69, 9.17) is 4.74 Å². The third kappa shape index (κ3) is 7.00. The van der Waals surface area contributed by atoms with Crippen LogP contribution in [0.3, 0.4) is 0 Å².